The SMILES string of the molecule is CN=C(NCC(=O)NC(C)C)N1CCC(CC(C)C)C1.I. The van der Waals surface area contributed by atoms with E-state index in [2.05, 4.69) is 34.4 Å². The largest absolute Gasteiger partial charge is 0.352 e. The molecule has 1 saturated heterocycles. The van der Waals surface area contributed by atoms with Crippen molar-refractivity contribution in [3.05, 3.63) is 0 Å². The first kappa shape index (κ1) is 20.5. The second kappa shape index (κ2) is 10.2. The quantitative estimate of drug-likeness (QED) is 0.415. The van der Waals surface area contributed by atoms with Crippen molar-refractivity contribution in [2.75, 3.05) is 26.7 Å². The molecular formula is C15H31IN4O. The third-order valence-electron chi connectivity index (χ3n) is 3.46. The minimum absolute atomic E-state index is 0. The maximum Gasteiger partial charge on any atom is 0.239 e. The van der Waals surface area contributed by atoms with Gasteiger partial charge in [0.05, 0.1) is 6.54 Å². The highest BCUT2D eigenvalue weighted by atomic mass is 127. The smallest absolute Gasteiger partial charge is 0.239 e. The molecule has 0 aromatic heterocycles. The van der Waals surface area contributed by atoms with Crippen molar-refractivity contribution < 1.29 is 4.79 Å². The van der Waals surface area contributed by atoms with Crippen LogP contribution in [-0.4, -0.2) is 49.5 Å². The van der Waals surface area contributed by atoms with E-state index in [4.69, 9.17) is 0 Å². The molecule has 0 aliphatic carbocycles. The van der Waals surface area contributed by atoms with Crippen molar-refractivity contribution in [1.29, 1.82) is 0 Å². The fraction of sp³-hybridized carbons (Fsp3) is 0.867. The van der Waals surface area contributed by atoms with Gasteiger partial charge in [-0.2, -0.15) is 0 Å². The van der Waals surface area contributed by atoms with E-state index in [9.17, 15) is 4.79 Å². The molecule has 1 unspecified atom stereocenters. The fourth-order valence-electron chi connectivity index (χ4n) is 2.75. The van der Waals surface area contributed by atoms with Gasteiger partial charge in [0.1, 0.15) is 0 Å². The number of hydrogen-bond donors (Lipinski definition) is 2. The van der Waals surface area contributed by atoms with E-state index in [1.807, 2.05) is 13.8 Å². The van der Waals surface area contributed by atoms with Crippen LogP contribution >= 0.6 is 24.0 Å². The van der Waals surface area contributed by atoms with Crippen molar-refractivity contribution >= 4 is 35.8 Å². The maximum absolute atomic E-state index is 11.7. The minimum atomic E-state index is 0. The van der Waals surface area contributed by atoms with Crippen LogP contribution in [0.3, 0.4) is 0 Å². The molecule has 0 aromatic rings. The first-order valence-corrected chi connectivity index (χ1v) is 7.67. The average molecular weight is 410 g/mol. The summed E-state index contributed by atoms with van der Waals surface area (Å²) in [6.07, 6.45) is 2.48. The summed E-state index contributed by atoms with van der Waals surface area (Å²) in [6, 6.07) is 0.175. The van der Waals surface area contributed by atoms with Crippen LogP contribution in [0.4, 0.5) is 0 Å². The predicted molar refractivity (Wildman–Crippen MR) is 99.2 cm³/mol. The molecule has 6 heteroatoms. The van der Waals surface area contributed by atoms with Gasteiger partial charge in [0.25, 0.3) is 0 Å². The van der Waals surface area contributed by atoms with Crippen molar-refractivity contribution in [2.45, 2.75) is 46.6 Å². The average Bonchev–Trinajstić information content (AvgIpc) is 2.76. The normalized spacial score (nSPS) is 18.9. The number of amides is 1. The Bertz CT molecular complexity index is 345. The van der Waals surface area contributed by atoms with Crippen LogP contribution in [0.5, 0.6) is 0 Å². The number of carbonyl (C=O) groups is 1. The van der Waals surface area contributed by atoms with E-state index in [1.165, 1.54) is 12.8 Å². The zero-order valence-electron chi connectivity index (χ0n) is 14.0. The van der Waals surface area contributed by atoms with Gasteiger partial charge in [0, 0.05) is 26.2 Å². The topological polar surface area (TPSA) is 56.7 Å². The van der Waals surface area contributed by atoms with Crippen LogP contribution in [0.25, 0.3) is 0 Å². The highest BCUT2D eigenvalue weighted by Gasteiger charge is 2.25. The molecule has 1 heterocycles. The lowest BCUT2D eigenvalue weighted by molar-refractivity contribution is -0.120. The minimum Gasteiger partial charge on any atom is -0.352 e. The van der Waals surface area contributed by atoms with Crippen molar-refractivity contribution in [1.82, 2.24) is 15.5 Å². The van der Waals surface area contributed by atoms with Crippen molar-refractivity contribution in [2.24, 2.45) is 16.8 Å². The number of carbonyl (C=O) groups excluding carboxylic acids is 1. The lowest BCUT2D eigenvalue weighted by atomic mass is 9.97. The predicted octanol–water partition coefficient (Wildman–Crippen LogP) is 2.07. The van der Waals surface area contributed by atoms with Gasteiger partial charge in [-0.1, -0.05) is 13.8 Å². The highest BCUT2D eigenvalue weighted by Crippen LogP contribution is 2.23. The molecule has 0 saturated carbocycles. The number of hydrogen-bond acceptors (Lipinski definition) is 2. The number of guanidine groups is 1. The van der Waals surface area contributed by atoms with Crippen LogP contribution in [0, 0.1) is 11.8 Å². The lowest BCUT2D eigenvalue weighted by Gasteiger charge is -2.22. The number of nitrogens with one attached hydrogen (secondary N) is 2. The molecule has 1 aliphatic rings. The zero-order valence-corrected chi connectivity index (χ0v) is 16.3. The number of halogens is 1. The van der Waals surface area contributed by atoms with E-state index >= 15 is 0 Å². The second-order valence-electron chi connectivity index (χ2n) is 6.35. The van der Waals surface area contributed by atoms with Crippen molar-refractivity contribution in [3.63, 3.8) is 0 Å². The molecule has 1 fully saturated rings. The summed E-state index contributed by atoms with van der Waals surface area (Å²) in [5, 5.41) is 6.03. The molecular weight excluding hydrogens is 379 g/mol. The monoisotopic (exact) mass is 410 g/mol. The highest BCUT2D eigenvalue weighted by molar-refractivity contribution is 14.0. The van der Waals surface area contributed by atoms with E-state index in [-0.39, 0.29) is 42.5 Å². The van der Waals surface area contributed by atoms with Crippen LogP contribution in [0.2, 0.25) is 0 Å². The van der Waals surface area contributed by atoms with E-state index in [0.717, 1.165) is 30.9 Å². The van der Waals surface area contributed by atoms with Crippen LogP contribution in [0.1, 0.15) is 40.5 Å². The summed E-state index contributed by atoms with van der Waals surface area (Å²) in [6.45, 7) is 10.8. The van der Waals surface area contributed by atoms with Gasteiger partial charge < -0.3 is 15.5 Å². The molecule has 1 atom stereocenters. The molecule has 5 nitrogen and oxygen atoms in total. The first-order valence-electron chi connectivity index (χ1n) is 7.67. The van der Waals surface area contributed by atoms with Gasteiger partial charge in [-0.15, -0.1) is 24.0 Å². The van der Waals surface area contributed by atoms with Gasteiger partial charge in [0.2, 0.25) is 5.91 Å². The van der Waals surface area contributed by atoms with Crippen LogP contribution in [0.15, 0.2) is 4.99 Å². The molecule has 21 heavy (non-hydrogen) atoms. The Kier molecular flexibility index (Phi) is 9.98. The molecule has 1 aliphatic heterocycles. The second-order valence-corrected chi connectivity index (χ2v) is 6.35. The molecule has 0 radical (unpaired) electrons. The Labute approximate surface area is 146 Å². The van der Waals surface area contributed by atoms with E-state index in [0.29, 0.717) is 0 Å². The summed E-state index contributed by atoms with van der Waals surface area (Å²) in [5.74, 6) is 2.35. The van der Waals surface area contributed by atoms with E-state index in [1.54, 1.807) is 7.05 Å². The van der Waals surface area contributed by atoms with E-state index < -0.39 is 0 Å². The Morgan fingerprint density at radius 1 is 1.33 bits per heavy atom. The van der Waals surface area contributed by atoms with Crippen LogP contribution < -0.4 is 10.6 Å². The van der Waals surface area contributed by atoms with Gasteiger partial charge in [0.15, 0.2) is 5.96 Å². The summed E-state index contributed by atoms with van der Waals surface area (Å²) in [4.78, 5) is 18.2. The number of nitrogens with zero attached hydrogens (tertiary/aromatic N) is 2. The summed E-state index contributed by atoms with van der Waals surface area (Å²) >= 11 is 0. The molecule has 124 valence electrons. The summed E-state index contributed by atoms with van der Waals surface area (Å²) in [5.41, 5.74) is 0. The van der Waals surface area contributed by atoms with Gasteiger partial charge in [-0.25, -0.2) is 0 Å². The molecule has 0 bridgehead atoms. The third-order valence-corrected chi connectivity index (χ3v) is 3.46. The van der Waals surface area contributed by atoms with Gasteiger partial charge in [-0.05, 0) is 38.5 Å². The number of likely N-dealkylation sites (tertiary alicyclic amines) is 1. The standard InChI is InChI=1S/C15H30N4O.HI/c1-11(2)8-13-6-7-19(10-13)15(16-5)17-9-14(20)18-12(3)4;/h11-13H,6-10H2,1-5H3,(H,16,17)(H,18,20);1H. The summed E-state index contributed by atoms with van der Waals surface area (Å²) in [7, 11) is 1.78. The summed E-state index contributed by atoms with van der Waals surface area (Å²) < 4.78 is 0. The fourth-order valence-corrected chi connectivity index (χ4v) is 2.75. The maximum atomic E-state index is 11.7. The van der Waals surface area contributed by atoms with Crippen LogP contribution in [-0.2, 0) is 4.79 Å². The molecule has 2 N–H and O–H groups in total. The first-order chi connectivity index (χ1) is 9.42. The third kappa shape index (κ3) is 7.87. The molecule has 1 amide bonds. The Hall–Kier alpha value is -0.530. The Morgan fingerprint density at radius 2 is 2.00 bits per heavy atom. The van der Waals surface area contributed by atoms with Gasteiger partial charge >= 0.3 is 0 Å². The molecule has 0 spiro atoms. The molecule has 0 aromatic carbocycles. The Balaban J connectivity index is 0.00000400. The lowest BCUT2D eigenvalue weighted by Crippen LogP contribution is -2.45. The van der Waals surface area contributed by atoms with Crippen molar-refractivity contribution in [3.8, 4) is 0 Å². The number of rotatable bonds is 5. The van der Waals surface area contributed by atoms with Gasteiger partial charge in [-0.3, -0.25) is 9.79 Å². The zero-order chi connectivity index (χ0) is 15.1. The molecule has 1 rings (SSSR count). The Morgan fingerprint density at radius 3 is 2.52 bits per heavy atom. The number of aliphatic imine (C=N–C) groups is 1.